The summed E-state index contributed by atoms with van der Waals surface area (Å²) in [5, 5.41) is 3.90. The fourth-order valence-corrected chi connectivity index (χ4v) is 2.45. The average molecular weight is 250 g/mol. The Morgan fingerprint density at radius 2 is 2.35 bits per heavy atom. The summed E-state index contributed by atoms with van der Waals surface area (Å²) in [4.78, 5) is 15.7. The summed E-state index contributed by atoms with van der Waals surface area (Å²) in [6.45, 7) is 2.23. The van der Waals surface area contributed by atoms with Crippen LogP contribution in [0.3, 0.4) is 0 Å². The van der Waals surface area contributed by atoms with Crippen molar-refractivity contribution in [2.45, 2.75) is 13.3 Å². The molecule has 0 spiro atoms. The molecule has 0 aliphatic rings. The zero-order valence-corrected chi connectivity index (χ0v) is 10.6. The summed E-state index contributed by atoms with van der Waals surface area (Å²) >= 11 is 1.58. The van der Waals surface area contributed by atoms with E-state index in [2.05, 4.69) is 10.3 Å². The third-order valence-electron chi connectivity index (χ3n) is 2.32. The van der Waals surface area contributed by atoms with Crippen LogP contribution < -0.4 is 5.32 Å². The van der Waals surface area contributed by atoms with Gasteiger partial charge in [0.05, 0.1) is 23.2 Å². The first kappa shape index (κ1) is 11.9. The van der Waals surface area contributed by atoms with Crippen molar-refractivity contribution in [3.05, 3.63) is 23.8 Å². The van der Waals surface area contributed by atoms with Gasteiger partial charge in [-0.2, -0.15) is 0 Å². The van der Waals surface area contributed by atoms with Crippen LogP contribution in [-0.2, 0) is 16.0 Å². The lowest BCUT2D eigenvalue weighted by Gasteiger charge is -2.01. The van der Waals surface area contributed by atoms with Crippen LogP contribution in [0, 0.1) is 0 Å². The first-order chi connectivity index (χ1) is 8.22. The van der Waals surface area contributed by atoms with Gasteiger partial charge in [0.1, 0.15) is 0 Å². The maximum Gasteiger partial charge on any atom is 0.310 e. The minimum absolute atomic E-state index is 0.190. The van der Waals surface area contributed by atoms with Gasteiger partial charge < -0.3 is 10.1 Å². The summed E-state index contributed by atoms with van der Waals surface area (Å²) in [6, 6.07) is 5.84. The number of carbonyl (C=O) groups is 1. The molecular weight excluding hydrogens is 236 g/mol. The fraction of sp³-hybridized carbons (Fsp3) is 0.333. The van der Waals surface area contributed by atoms with E-state index >= 15 is 0 Å². The zero-order chi connectivity index (χ0) is 12.3. The van der Waals surface area contributed by atoms with E-state index < -0.39 is 0 Å². The van der Waals surface area contributed by atoms with Crippen molar-refractivity contribution in [2.75, 3.05) is 19.0 Å². The highest BCUT2D eigenvalue weighted by Gasteiger charge is 2.07. The molecule has 1 aromatic carbocycles. The van der Waals surface area contributed by atoms with E-state index in [1.165, 1.54) is 0 Å². The summed E-state index contributed by atoms with van der Waals surface area (Å²) < 4.78 is 6.00. The molecule has 1 aromatic heterocycles. The number of hydrogen-bond donors (Lipinski definition) is 1. The zero-order valence-electron chi connectivity index (χ0n) is 9.82. The Balaban J connectivity index is 2.21. The second-order valence-corrected chi connectivity index (χ2v) is 4.58. The monoisotopic (exact) mass is 250 g/mol. The number of anilines is 1. The molecule has 0 saturated carbocycles. The van der Waals surface area contributed by atoms with Crippen molar-refractivity contribution in [2.24, 2.45) is 0 Å². The van der Waals surface area contributed by atoms with Gasteiger partial charge in [-0.15, -0.1) is 0 Å². The highest BCUT2D eigenvalue weighted by molar-refractivity contribution is 7.22. The molecule has 2 rings (SSSR count). The second kappa shape index (κ2) is 5.14. The van der Waals surface area contributed by atoms with Crippen molar-refractivity contribution in [3.63, 3.8) is 0 Å². The van der Waals surface area contributed by atoms with Gasteiger partial charge in [0, 0.05) is 7.05 Å². The van der Waals surface area contributed by atoms with E-state index in [-0.39, 0.29) is 5.97 Å². The van der Waals surface area contributed by atoms with Crippen LogP contribution in [0.2, 0.25) is 0 Å². The largest absolute Gasteiger partial charge is 0.466 e. The highest BCUT2D eigenvalue weighted by Crippen LogP contribution is 2.26. The quantitative estimate of drug-likeness (QED) is 0.847. The SMILES string of the molecule is CCOC(=O)Cc1ccc2nc(NC)sc2c1. The molecule has 0 aliphatic carbocycles. The van der Waals surface area contributed by atoms with Crippen LogP contribution >= 0.6 is 11.3 Å². The maximum atomic E-state index is 11.4. The Bertz CT molecular complexity index is 536. The molecular formula is C12H14N2O2S. The summed E-state index contributed by atoms with van der Waals surface area (Å²) in [5.41, 5.74) is 1.91. The molecule has 0 bridgehead atoms. The minimum atomic E-state index is -0.190. The van der Waals surface area contributed by atoms with E-state index in [0.29, 0.717) is 13.0 Å². The lowest BCUT2D eigenvalue weighted by molar-refractivity contribution is -0.142. The Morgan fingerprint density at radius 3 is 3.06 bits per heavy atom. The van der Waals surface area contributed by atoms with Gasteiger partial charge in [0.2, 0.25) is 0 Å². The number of carbonyl (C=O) groups excluding carboxylic acids is 1. The number of esters is 1. The van der Waals surface area contributed by atoms with Crippen molar-refractivity contribution in [1.29, 1.82) is 0 Å². The summed E-state index contributed by atoms with van der Waals surface area (Å²) in [7, 11) is 1.84. The first-order valence-corrected chi connectivity index (χ1v) is 6.27. The van der Waals surface area contributed by atoms with Crippen LogP contribution in [0.4, 0.5) is 5.13 Å². The van der Waals surface area contributed by atoms with Crippen LogP contribution in [-0.4, -0.2) is 24.6 Å². The summed E-state index contributed by atoms with van der Waals surface area (Å²) in [6.07, 6.45) is 0.316. The molecule has 0 atom stereocenters. The Labute approximate surface area is 104 Å². The van der Waals surface area contributed by atoms with Gasteiger partial charge in [-0.3, -0.25) is 4.79 Å². The van der Waals surface area contributed by atoms with Crippen LogP contribution in [0.5, 0.6) is 0 Å². The molecule has 2 aromatic rings. The van der Waals surface area contributed by atoms with E-state index in [1.54, 1.807) is 11.3 Å². The number of hydrogen-bond acceptors (Lipinski definition) is 5. The first-order valence-electron chi connectivity index (χ1n) is 5.45. The van der Waals surface area contributed by atoms with Crippen LogP contribution in [0.25, 0.3) is 10.2 Å². The number of benzene rings is 1. The molecule has 5 heteroatoms. The van der Waals surface area contributed by atoms with Gasteiger partial charge in [-0.25, -0.2) is 4.98 Å². The van der Waals surface area contributed by atoms with E-state index in [1.807, 2.05) is 32.2 Å². The van der Waals surface area contributed by atoms with Gasteiger partial charge in [-0.1, -0.05) is 17.4 Å². The van der Waals surface area contributed by atoms with Gasteiger partial charge in [0.15, 0.2) is 5.13 Å². The Morgan fingerprint density at radius 1 is 1.53 bits per heavy atom. The molecule has 0 aliphatic heterocycles. The van der Waals surface area contributed by atoms with E-state index in [0.717, 1.165) is 20.9 Å². The predicted molar refractivity (Wildman–Crippen MR) is 69.5 cm³/mol. The molecule has 0 fully saturated rings. The van der Waals surface area contributed by atoms with Crippen molar-refractivity contribution in [1.82, 2.24) is 4.98 Å². The number of nitrogens with one attached hydrogen (secondary N) is 1. The summed E-state index contributed by atoms with van der Waals surface area (Å²) in [5.74, 6) is -0.190. The smallest absolute Gasteiger partial charge is 0.310 e. The van der Waals surface area contributed by atoms with Crippen molar-refractivity contribution in [3.8, 4) is 0 Å². The number of nitrogens with zero attached hydrogens (tertiary/aromatic N) is 1. The normalized spacial score (nSPS) is 10.5. The Kier molecular flexibility index (Phi) is 3.58. The van der Waals surface area contributed by atoms with Gasteiger partial charge in [0.25, 0.3) is 0 Å². The third-order valence-corrected chi connectivity index (χ3v) is 3.36. The fourth-order valence-electron chi connectivity index (χ4n) is 1.56. The predicted octanol–water partition coefficient (Wildman–Crippen LogP) is 2.44. The molecule has 1 N–H and O–H groups in total. The molecule has 0 unspecified atom stereocenters. The molecule has 4 nitrogen and oxygen atoms in total. The molecule has 17 heavy (non-hydrogen) atoms. The lowest BCUT2D eigenvalue weighted by Crippen LogP contribution is -2.07. The molecule has 0 amide bonds. The molecule has 90 valence electrons. The number of ether oxygens (including phenoxy) is 1. The average Bonchev–Trinajstić information content (AvgIpc) is 2.71. The van der Waals surface area contributed by atoms with Crippen LogP contribution in [0.15, 0.2) is 18.2 Å². The number of fused-ring (bicyclic) bond motifs is 1. The lowest BCUT2D eigenvalue weighted by atomic mass is 10.1. The highest BCUT2D eigenvalue weighted by atomic mass is 32.1. The van der Waals surface area contributed by atoms with E-state index in [9.17, 15) is 4.79 Å². The standard InChI is InChI=1S/C12H14N2O2S/c1-3-16-11(15)7-8-4-5-9-10(6-8)17-12(13-2)14-9/h4-6H,3,7H2,1-2H3,(H,13,14). The number of rotatable bonds is 4. The van der Waals surface area contributed by atoms with Crippen molar-refractivity contribution >= 4 is 32.7 Å². The topological polar surface area (TPSA) is 51.2 Å². The van der Waals surface area contributed by atoms with Gasteiger partial charge in [-0.05, 0) is 24.6 Å². The van der Waals surface area contributed by atoms with Crippen LogP contribution in [0.1, 0.15) is 12.5 Å². The minimum Gasteiger partial charge on any atom is -0.466 e. The van der Waals surface area contributed by atoms with Crippen molar-refractivity contribution < 1.29 is 9.53 Å². The van der Waals surface area contributed by atoms with Gasteiger partial charge >= 0.3 is 5.97 Å². The molecule has 0 radical (unpaired) electrons. The molecule has 1 heterocycles. The third kappa shape index (κ3) is 2.74. The Hall–Kier alpha value is -1.62. The second-order valence-electron chi connectivity index (χ2n) is 3.55. The number of thiazole rings is 1. The number of aromatic nitrogens is 1. The van der Waals surface area contributed by atoms with E-state index in [4.69, 9.17) is 4.74 Å². The maximum absolute atomic E-state index is 11.4. The molecule has 0 saturated heterocycles.